The molecule has 0 heterocycles. The molecular weight excluding hydrogens is 217 g/mol. The zero-order valence-corrected chi connectivity index (χ0v) is 7.81. The Morgan fingerprint density at radius 1 is 1.36 bits per heavy atom. The minimum atomic E-state index is -4.37. The Balaban J connectivity index is 2.74. The molecule has 0 aliphatic rings. The molecule has 1 N–H and O–H groups in total. The van der Waals surface area contributed by atoms with Gasteiger partial charge in [-0.15, -0.1) is 0 Å². The van der Waals surface area contributed by atoms with Gasteiger partial charge in [0.2, 0.25) is 0 Å². The van der Waals surface area contributed by atoms with Crippen molar-refractivity contribution in [3.05, 3.63) is 34.9 Å². The smallest absolute Gasteiger partial charge is 0.388 e. The molecule has 14 heavy (non-hydrogen) atoms. The van der Waals surface area contributed by atoms with E-state index >= 15 is 0 Å². The summed E-state index contributed by atoms with van der Waals surface area (Å²) in [6.45, 7) is 0. The van der Waals surface area contributed by atoms with Crippen LogP contribution in [-0.4, -0.2) is 11.3 Å². The fourth-order valence-electron chi connectivity index (χ4n) is 1.05. The number of rotatable bonds is 2. The molecule has 0 saturated carbocycles. The van der Waals surface area contributed by atoms with Crippen LogP contribution in [0.15, 0.2) is 24.3 Å². The van der Waals surface area contributed by atoms with Gasteiger partial charge in [0.25, 0.3) is 0 Å². The number of aliphatic hydroxyl groups excluding tert-OH is 1. The molecular formula is C9H8ClF3O. The zero-order valence-electron chi connectivity index (χ0n) is 7.05. The maximum atomic E-state index is 11.9. The molecule has 1 aromatic rings. The van der Waals surface area contributed by atoms with Crippen molar-refractivity contribution in [2.45, 2.75) is 18.7 Å². The van der Waals surface area contributed by atoms with Crippen LogP contribution in [0.5, 0.6) is 0 Å². The van der Waals surface area contributed by atoms with E-state index in [1.54, 1.807) is 0 Å². The molecule has 0 radical (unpaired) electrons. The quantitative estimate of drug-likeness (QED) is 0.817. The normalized spacial score (nSPS) is 14.1. The van der Waals surface area contributed by atoms with Gasteiger partial charge in [0.05, 0.1) is 12.5 Å². The third kappa shape index (κ3) is 3.55. The van der Waals surface area contributed by atoms with Gasteiger partial charge in [-0.2, -0.15) is 13.2 Å². The topological polar surface area (TPSA) is 20.2 Å². The molecule has 0 spiro atoms. The van der Waals surface area contributed by atoms with Gasteiger partial charge in [0.15, 0.2) is 0 Å². The molecule has 0 aromatic heterocycles. The van der Waals surface area contributed by atoms with E-state index in [1.165, 1.54) is 24.3 Å². The molecule has 0 saturated heterocycles. The molecule has 0 amide bonds. The van der Waals surface area contributed by atoms with E-state index in [0.717, 1.165) is 0 Å². The Morgan fingerprint density at radius 3 is 2.50 bits per heavy atom. The van der Waals surface area contributed by atoms with Gasteiger partial charge in [-0.1, -0.05) is 23.7 Å². The average molecular weight is 225 g/mol. The van der Waals surface area contributed by atoms with E-state index in [-0.39, 0.29) is 5.56 Å². The number of benzene rings is 1. The lowest BCUT2D eigenvalue weighted by Gasteiger charge is -2.13. The SMILES string of the molecule is O[C@@H](CC(F)(F)F)c1cccc(Cl)c1. The summed E-state index contributed by atoms with van der Waals surface area (Å²) in [5.41, 5.74) is 0.176. The molecule has 0 fully saturated rings. The van der Waals surface area contributed by atoms with Gasteiger partial charge in [0, 0.05) is 5.02 Å². The minimum absolute atomic E-state index is 0.176. The molecule has 5 heteroatoms. The second kappa shape index (κ2) is 4.19. The summed E-state index contributed by atoms with van der Waals surface area (Å²) in [6.07, 6.45) is -7.18. The van der Waals surface area contributed by atoms with Crippen LogP contribution in [-0.2, 0) is 0 Å². The lowest BCUT2D eigenvalue weighted by atomic mass is 10.1. The van der Waals surface area contributed by atoms with Crippen LogP contribution in [0.25, 0.3) is 0 Å². The highest BCUT2D eigenvalue weighted by Gasteiger charge is 2.31. The number of alkyl halides is 3. The average Bonchev–Trinajstić information content (AvgIpc) is 2.01. The molecule has 1 rings (SSSR count). The van der Waals surface area contributed by atoms with E-state index in [1.807, 2.05) is 0 Å². The third-order valence-electron chi connectivity index (χ3n) is 1.66. The molecule has 1 atom stereocenters. The van der Waals surface area contributed by atoms with Crippen molar-refractivity contribution in [3.8, 4) is 0 Å². The van der Waals surface area contributed by atoms with Gasteiger partial charge in [-0.05, 0) is 17.7 Å². The van der Waals surface area contributed by atoms with E-state index in [4.69, 9.17) is 11.6 Å². The highest BCUT2D eigenvalue weighted by atomic mass is 35.5. The van der Waals surface area contributed by atoms with Crippen LogP contribution in [0.2, 0.25) is 5.02 Å². The van der Waals surface area contributed by atoms with Crippen LogP contribution < -0.4 is 0 Å². The van der Waals surface area contributed by atoms with Crippen LogP contribution in [0.1, 0.15) is 18.1 Å². The number of halogens is 4. The summed E-state index contributed by atoms with van der Waals surface area (Å²) in [6, 6.07) is 5.75. The molecule has 78 valence electrons. The highest BCUT2D eigenvalue weighted by Crippen LogP contribution is 2.30. The summed E-state index contributed by atoms with van der Waals surface area (Å²) in [4.78, 5) is 0. The summed E-state index contributed by atoms with van der Waals surface area (Å²) >= 11 is 5.57. The number of aliphatic hydroxyl groups is 1. The van der Waals surface area contributed by atoms with Crippen LogP contribution in [0.4, 0.5) is 13.2 Å². The Bertz CT molecular complexity index is 311. The van der Waals surface area contributed by atoms with Gasteiger partial charge in [0.1, 0.15) is 0 Å². The maximum absolute atomic E-state index is 11.9. The van der Waals surface area contributed by atoms with Crippen LogP contribution in [0.3, 0.4) is 0 Å². The zero-order chi connectivity index (χ0) is 10.8. The largest absolute Gasteiger partial charge is 0.391 e. The van der Waals surface area contributed by atoms with E-state index in [9.17, 15) is 18.3 Å². The fourth-order valence-corrected chi connectivity index (χ4v) is 1.25. The van der Waals surface area contributed by atoms with Gasteiger partial charge >= 0.3 is 6.18 Å². The first-order valence-corrected chi connectivity index (χ1v) is 4.26. The summed E-state index contributed by atoms with van der Waals surface area (Å²) in [5.74, 6) is 0. The van der Waals surface area contributed by atoms with Crippen LogP contribution in [0, 0.1) is 0 Å². The number of hydrogen-bond donors (Lipinski definition) is 1. The predicted octanol–water partition coefficient (Wildman–Crippen LogP) is 3.33. The summed E-state index contributed by atoms with van der Waals surface area (Å²) in [7, 11) is 0. The van der Waals surface area contributed by atoms with Crippen molar-refractivity contribution in [3.63, 3.8) is 0 Å². The monoisotopic (exact) mass is 224 g/mol. The van der Waals surface area contributed by atoms with Crippen LogP contribution >= 0.6 is 11.6 Å². The predicted molar refractivity (Wildman–Crippen MR) is 47.1 cm³/mol. The Hall–Kier alpha value is -0.740. The molecule has 0 bridgehead atoms. The van der Waals surface area contributed by atoms with Crippen molar-refractivity contribution in [2.24, 2.45) is 0 Å². The maximum Gasteiger partial charge on any atom is 0.391 e. The van der Waals surface area contributed by atoms with Gasteiger partial charge < -0.3 is 5.11 Å². The lowest BCUT2D eigenvalue weighted by Crippen LogP contribution is -2.13. The molecule has 0 aliphatic carbocycles. The first-order valence-electron chi connectivity index (χ1n) is 3.89. The van der Waals surface area contributed by atoms with E-state index in [0.29, 0.717) is 5.02 Å². The Morgan fingerprint density at radius 2 is 2.00 bits per heavy atom. The second-order valence-electron chi connectivity index (χ2n) is 2.89. The van der Waals surface area contributed by atoms with Crippen molar-refractivity contribution >= 4 is 11.6 Å². The van der Waals surface area contributed by atoms with Crippen molar-refractivity contribution < 1.29 is 18.3 Å². The Kier molecular flexibility index (Phi) is 3.39. The van der Waals surface area contributed by atoms with Gasteiger partial charge in [-0.25, -0.2) is 0 Å². The first kappa shape index (κ1) is 11.3. The minimum Gasteiger partial charge on any atom is -0.388 e. The third-order valence-corrected chi connectivity index (χ3v) is 1.89. The van der Waals surface area contributed by atoms with Crippen molar-refractivity contribution in [1.82, 2.24) is 0 Å². The Labute approximate surface area is 84.1 Å². The molecule has 1 aromatic carbocycles. The lowest BCUT2D eigenvalue weighted by molar-refractivity contribution is -0.154. The first-order chi connectivity index (χ1) is 6.38. The van der Waals surface area contributed by atoms with Gasteiger partial charge in [-0.3, -0.25) is 0 Å². The summed E-state index contributed by atoms with van der Waals surface area (Å²) < 4.78 is 35.7. The highest BCUT2D eigenvalue weighted by molar-refractivity contribution is 6.30. The molecule has 0 aliphatic heterocycles. The van der Waals surface area contributed by atoms with Crippen molar-refractivity contribution in [1.29, 1.82) is 0 Å². The second-order valence-corrected chi connectivity index (χ2v) is 3.33. The standard InChI is InChI=1S/C9H8ClF3O/c10-7-3-1-2-6(4-7)8(14)5-9(11,12)13/h1-4,8,14H,5H2/t8-/m0/s1. The van der Waals surface area contributed by atoms with E-state index < -0.39 is 18.7 Å². The molecule has 1 nitrogen and oxygen atoms in total. The summed E-state index contributed by atoms with van der Waals surface area (Å²) in [5, 5.41) is 9.51. The number of hydrogen-bond acceptors (Lipinski definition) is 1. The van der Waals surface area contributed by atoms with Crippen molar-refractivity contribution in [2.75, 3.05) is 0 Å². The van der Waals surface area contributed by atoms with E-state index in [2.05, 4.69) is 0 Å². The molecule has 0 unspecified atom stereocenters. The fraction of sp³-hybridized carbons (Fsp3) is 0.333.